The van der Waals surface area contributed by atoms with E-state index in [1.54, 1.807) is 0 Å². The topological polar surface area (TPSA) is 52.6 Å². The SMILES string of the molecule is C#Cc1cc(F)cc(C=C2C(=O)OC(C)(C)OC2=O)c1. The summed E-state index contributed by atoms with van der Waals surface area (Å²) >= 11 is 0. The van der Waals surface area contributed by atoms with Crippen LogP contribution in [-0.4, -0.2) is 17.7 Å². The number of cyclic esters (lactones) is 2. The van der Waals surface area contributed by atoms with Crippen molar-refractivity contribution < 1.29 is 23.5 Å². The second kappa shape index (κ2) is 4.82. The van der Waals surface area contributed by atoms with Gasteiger partial charge in [0.25, 0.3) is 5.79 Å². The van der Waals surface area contributed by atoms with Crippen molar-refractivity contribution in [1.82, 2.24) is 0 Å². The zero-order valence-electron chi connectivity index (χ0n) is 10.9. The van der Waals surface area contributed by atoms with Crippen LogP contribution in [0.4, 0.5) is 4.39 Å². The average Bonchev–Trinajstić information content (AvgIpc) is 2.32. The smallest absolute Gasteiger partial charge is 0.348 e. The average molecular weight is 274 g/mol. The molecule has 1 aliphatic heterocycles. The van der Waals surface area contributed by atoms with Crippen LogP contribution >= 0.6 is 0 Å². The van der Waals surface area contributed by atoms with Gasteiger partial charge in [0.1, 0.15) is 11.4 Å². The Balaban J connectivity index is 2.41. The first-order valence-electron chi connectivity index (χ1n) is 5.76. The van der Waals surface area contributed by atoms with Crippen LogP contribution in [0.3, 0.4) is 0 Å². The lowest BCUT2D eigenvalue weighted by atomic mass is 10.1. The zero-order valence-corrected chi connectivity index (χ0v) is 10.9. The van der Waals surface area contributed by atoms with Gasteiger partial charge in [0, 0.05) is 19.4 Å². The molecule has 1 aliphatic rings. The van der Waals surface area contributed by atoms with E-state index in [4.69, 9.17) is 15.9 Å². The Kier molecular flexibility index (Phi) is 3.33. The molecule has 0 radical (unpaired) electrons. The van der Waals surface area contributed by atoms with E-state index in [0.717, 1.165) is 6.07 Å². The Morgan fingerprint density at radius 1 is 1.20 bits per heavy atom. The summed E-state index contributed by atoms with van der Waals surface area (Å²) in [7, 11) is 0. The van der Waals surface area contributed by atoms with Crippen molar-refractivity contribution in [2.75, 3.05) is 0 Å². The van der Waals surface area contributed by atoms with E-state index in [0.29, 0.717) is 5.56 Å². The summed E-state index contributed by atoms with van der Waals surface area (Å²) in [6.45, 7) is 2.89. The fourth-order valence-electron chi connectivity index (χ4n) is 1.72. The van der Waals surface area contributed by atoms with Crippen LogP contribution in [0.1, 0.15) is 25.0 Å². The van der Waals surface area contributed by atoms with Gasteiger partial charge < -0.3 is 9.47 Å². The molecule has 5 heteroatoms. The number of hydrogen-bond acceptors (Lipinski definition) is 4. The molecule has 0 spiro atoms. The van der Waals surface area contributed by atoms with Crippen molar-refractivity contribution in [3.05, 3.63) is 40.7 Å². The molecule has 0 N–H and O–H groups in total. The monoisotopic (exact) mass is 274 g/mol. The molecule has 20 heavy (non-hydrogen) atoms. The van der Waals surface area contributed by atoms with Crippen molar-refractivity contribution in [2.45, 2.75) is 19.6 Å². The van der Waals surface area contributed by atoms with Crippen molar-refractivity contribution in [3.8, 4) is 12.3 Å². The molecule has 0 saturated carbocycles. The molecule has 0 bridgehead atoms. The van der Waals surface area contributed by atoms with Gasteiger partial charge in [-0.05, 0) is 29.8 Å². The molecule has 1 saturated heterocycles. The van der Waals surface area contributed by atoms with E-state index < -0.39 is 23.5 Å². The second-order valence-electron chi connectivity index (χ2n) is 4.65. The number of hydrogen-bond donors (Lipinski definition) is 0. The van der Waals surface area contributed by atoms with Crippen LogP contribution < -0.4 is 0 Å². The summed E-state index contributed by atoms with van der Waals surface area (Å²) in [6.07, 6.45) is 6.37. The normalized spacial score (nSPS) is 17.0. The number of carbonyl (C=O) groups excluding carboxylic acids is 2. The molecule has 0 aliphatic carbocycles. The predicted molar refractivity (Wildman–Crippen MR) is 68.6 cm³/mol. The molecule has 0 amide bonds. The van der Waals surface area contributed by atoms with Crippen LogP contribution in [0.5, 0.6) is 0 Å². The van der Waals surface area contributed by atoms with E-state index in [-0.39, 0.29) is 11.1 Å². The summed E-state index contributed by atoms with van der Waals surface area (Å²) in [5.74, 6) is -1.24. The minimum Gasteiger partial charge on any atom is -0.419 e. The highest BCUT2D eigenvalue weighted by Gasteiger charge is 2.38. The van der Waals surface area contributed by atoms with E-state index in [9.17, 15) is 14.0 Å². The molecule has 2 rings (SSSR count). The second-order valence-corrected chi connectivity index (χ2v) is 4.65. The van der Waals surface area contributed by atoms with Crippen LogP contribution in [0.15, 0.2) is 23.8 Å². The number of esters is 2. The molecule has 0 atom stereocenters. The van der Waals surface area contributed by atoms with Crippen molar-refractivity contribution in [2.24, 2.45) is 0 Å². The number of carbonyl (C=O) groups is 2. The van der Waals surface area contributed by atoms with Crippen LogP contribution in [-0.2, 0) is 19.1 Å². The van der Waals surface area contributed by atoms with Gasteiger partial charge in [0.2, 0.25) is 0 Å². The zero-order chi connectivity index (χ0) is 14.9. The molecule has 1 fully saturated rings. The van der Waals surface area contributed by atoms with Gasteiger partial charge >= 0.3 is 11.9 Å². The largest absolute Gasteiger partial charge is 0.419 e. The van der Waals surface area contributed by atoms with E-state index >= 15 is 0 Å². The maximum Gasteiger partial charge on any atom is 0.348 e. The molecule has 102 valence electrons. The van der Waals surface area contributed by atoms with Crippen molar-refractivity contribution >= 4 is 18.0 Å². The van der Waals surface area contributed by atoms with E-state index in [1.807, 2.05) is 0 Å². The van der Waals surface area contributed by atoms with Crippen molar-refractivity contribution in [1.29, 1.82) is 0 Å². The number of benzene rings is 1. The fourth-order valence-corrected chi connectivity index (χ4v) is 1.72. The molecule has 0 aromatic heterocycles. The Labute approximate surface area is 115 Å². The van der Waals surface area contributed by atoms with Gasteiger partial charge in [-0.3, -0.25) is 0 Å². The Morgan fingerprint density at radius 2 is 1.80 bits per heavy atom. The first-order valence-corrected chi connectivity index (χ1v) is 5.76. The first kappa shape index (κ1) is 13.8. The highest BCUT2D eigenvalue weighted by Crippen LogP contribution is 2.24. The molecule has 4 nitrogen and oxygen atoms in total. The minimum atomic E-state index is -1.31. The van der Waals surface area contributed by atoms with Gasteiger partial charge in [0.15, 0.2) is 0 Å². The van der Waals surface area contributed by atoms with Gasteiger partial charge in [-0.15, -0.1) is 6.42 Å². The minimum absolute atomic E-state index is 0.279. The predicted octanol–water partition coefficient (Wildman–Crippen LogP) is 2.03. The third kappa shape index (κ3) is 2.86. The maximum atomic E-state index is 13.3. The number of rotatable bonds is 1. The Hall–Kier alpha value is -2.61. The number of ether oxygens (including phenoxy) is 2. The lowest BCUT2D eigenvalue weighted by molar-refractivity contribution is -0.222. The standard InChI is InChI=1S/C15H11FO4/c1-4-9-5-10(7-11(16)6-9)8-12-13(17)19-15(2,3)20-14(12)18/h1,5-8H,2-3H3. The highest BCUT2D eigenvalue weighted by molar-refractivity contribution is 6.18. The molecular formula is C15H11FO4. The van der Waals surface area contributed by atoms with Crippen LogP contribution in [0.2, 0.25) is 0 Å². The lowest BCUT2D eigenvalue weighted by Crippen LogP contribution is -2.41. The quantitative estimate of drug-likeness (QED) is 0.340. The van der Waals surface area contributed by atoms with Gasteiger partial charge in [-0.25, -0.2) is 14.0 Å². The lowest BCUT2D eigenvalue weighted by Gasteiger charge is -2.29. The van der Waals surface area contributed by atoms with Gasteiger partial charge in [-0.2, -0.15) is 0 Å². The van der Waals surface area contributed by atoms with Gasteiger partial charge in [0.05, 0.1) is 0 Å². The molecule has 1 heterocycles. The van der Waals surface area contributed by atoms with E-state index in [1.165, 1.54) is 32.1 Å². The van der Waals surface area contributed by atoms with Gasteiger partial charge in [-0.1, -0.05) is 5.92 Å². The Morgan fingerprint density at radius 3 is 2.35 bits per heavy atom. The third-order valence-corrected chi connectivity index (χ3v) is 2.51. The first-order chi connectivity index (χ1) is 9.30. The van der Waals surface area contributed by atoms with Crippen LogP contribution in [0, 0.1) is 18.2 Å². The Bertz CT molecular complexity index is 643. The molecule has 1 aromatic carbocycles. The molecule has 0 unspecified atom stereocenters. The molecule has 1 aromatic rings. The number of terminal acetylenes is 1. The fraction of sp³-hybridized carbons (Fsp3) is 0.200. The molecular weight excluding hydrogens is 263 g/mol. The summed E-state index contributed by atoms with van der Waals surface area (Å²) < 4.78 is 23.2. The summed E-state index contributed by atoms with van der Waals surface area (Å²) in [6, 6.07) is 3.78. The maximum absolute atomic E-state index is 13.3. The highest BCUT2D eigenvalue weighted by atomic mass is 19.1. The van der Waals surface area contributed by atoms with Crippen molar-refractivity contribution in [3.63, 3.8) is 0 Å². The number of halogens is 1. The van der Waals surface area contributed by atoms with E-state index in [2.05, 4.69) is 5.92 Å². The van der Waals surface area contributed by atoms with Crippen LogP contribution in [0.25, 0.3) is 6.08 Å². The summed E-state index contributed by atoms with van der Waals surface area (Å²) in [5.41, 5.74) is 0.272. The third-order valence-electron chi connectivity index (χ3n) is 2.51. The summed E-state index contributed by atoms with van der Waals surface area (Å²) in [4.78, 5) is 23.5. The summed E-state index contributed by atoms with van der Waals surface area (Å²) in [5, 5.41) is 0.